The molecule has 22 heavy (non-hydrogen) atoms. The highest BCUT2D eigenvalue weighted by Gasteiger charge is 2.40. The largest absolute Gasteiger partial charge is 0.307 e. The molecule has 1 aromatic carbocycles. The molecule has 6 heteroatoms. The van der Waals surface area contributed by atoms with Gasteiger partial charge in [0.05, 0.1) is 11.5 Å². The molecule has 2 fully saturated rings. The van der Waals surface area contributed by atoms with Crippen molar-refractivity contribution in [2.75, 3.05) is 24.6 Å². The summed E-state index contributed by atoms with van der Waals surface area (Å²) < 4.78 is 24.1. The number of benzene rings is 1. The first-order valence-corrected chi connectivity index (χ1v) is 10.2. The highest BCUT2D eigenvalue weighted by Crippen LogP contribution is 2.22. The van der Waals surface area contributed by atoms with Gasteiger partial charge in [-0.25, -0.2) is 8.42 Å². The van der Waals surface area contributed by atoms with E-state index in [0.29, 0.717) is 12.3 Å². The first kappa shape index (κ1) is 16.2. The molecule has 2 saturated heterocycles. The first-order chi connectivity index (χ1) is 10.5. The average Bonchev–Trinajstić information content (AvgIpc) is 2.83. The summed E-state index contributed by atoms with van der Waals surface area (Å²) in [7, 11) is -2.93. The maximum atomic E-state index is 12.1. The standard InChI is InChI=1S/C16H23ClN2O2S/c17-14-6-4-13(5-7-14)10-18-15-11-22(20,21)12-16(15)19-8-2-1-3-9-19/h4-7,15-16,18H,1-3,8-12H2/t15-,16+/m1/s1. The van der Waals surface area contributed by atoms with Crippen LogP contribution in [0.1, 0.15) is 24.8 Å². The third kappa shape index (κ3) is 4.02. The molecule has 0 aliphatic carbocycles. The minimum absolute atomic E-state index is 0.0266. The van der Waals surface area contributed by atoms with E-state index in [1.807, 2.05) is 24.3 Å². The van der Waals surface area contributed by atoms with Gasteiger partial charge < -0.3 is 5.32 Å². The highest BCUT2D eigenvalue weighted by atomic mass is 35.5. The minimum atomic E-state index is -2.93. The molecule has 122 valence electrons. The molecule has 2 heterocycles. The SMILES string of the molecule is O=S1(=O)C[C@@H](NCc2ccc(Cl)cc2)[C@@H](N2CCCCC2)C1. The molecule has 0 saturated carbocycles. The molecule has 0 aromatic heterocycles. The molecule has 0 unspecified atom stereocenters. The van der Waals surface area contributed by atoms with Gasteiger partial charge in [0.25, 0.3) is 0 Å². The summed E-state index contributed by atoms with van der Waals surface area (Å²) in [5.41, 5.74) is 1.13. The van der Waals surface area contributed by atoms with Crippen LogP contribution in [0.4, 0.5) is 0 Å². The summed E-state index contributed by atoms with van der Waals surface area (Å²) in [6, 6.07) is 7.85. The number of rotatable bonds is 4. The zero-order valence-corrected chi connectivity index (χ0v) is 14.2. The number of hydrogen-bond acceptors (Lipinski definition) is 4. The van der Waals surface area contributed by atoms with E-state index in [1.165, 1.54) is 19.3 Å². The topological polar surface area (TPSA) is 49.4 Å². The lowest BCUT2D eigenvalue weighted by Gasteiger charge is -2.35. The molecule has 0 radical (unpaired) electrons. The van der Waals surface area contributed by atoms with E-state index in [9.17, 15) is 8.42 Å². The maximum Gasteiger partial charge on any atom is 0.153 e. The molecule has 2 atom stereocenters. The van der Waals surface area contributed by atoms with E-state index in [-0.39, 0.29) is 17.8 Å². The monoisotopic (exact) mass is 342 g/mol. The van der Waals surface area contributed by atoms with Crippen molar-refractivity contribution < 1.29 is 8.42 Å². The summed E-state index contributed by atoms with van der Waals surface area (Å²) in [6.45, 7) is 2.74. The Morgan fingerprint density at radius 3 is 2.45 bits per heavy atom. The van der Waals surface area contributed by atoms with Crippen molar-refractivity contribution in [2.24, 2.45) is 0 Å². The molecule has 0 spiro atoms. The number of hydrogen-bond donors (Lipinski definition) is 1. The smallest absolute Gasteiger partial charge is 0.153 e. The summed E-state index contributed by atoms with van der Waals surface area (Å²) in [5, 5.41) is 4.18. The van der Waals surface area contributed by atoms with Crippen LogP contribution >= 0.6 is 11.6 Å². The second-order valence-electron chi connectivity index (χ2n) is 6.35. The molecular weight excluding hydrogens is 320 g/mol. The number of sulfone groups is 1. The molecule has 3 rings (SSSR count). The lowest BCUT2D eigenvalue weighted by molar-refractivity contribution is 0.155. The third-order valence-electron chi connectivity index (χ3n) is 4.66. The van der Waals surface area contributed by atoms with Gasteiger partial charge in [0, 0.05) is 23.7 Å². The Morgan fingerprint density at radius 2 is 1.77 bits per heavy atom. The molecule has 2 aliphatic rings. The molecule has 2 aliphatic heterocycles. The van der Waals surface area contributed by atoms with Crippen LogP contribution < -0.4 is 5.32 Å². The predicted molar refractivity (Wildman–Crippen MR) is 89.9 cm³/mol. The molecule has 1 N–H and O–H groups in total. The van der Waals surface area contributed by atoms with E-state index in [2.05, 4.69) is 10.2 Å². The Balaban J connectivity index is 1.65. The summed E-state index contributed by atoms with van der Waals surface area (Å²) in [5.74, 6) is 0.549. The molecule has 1 aromatic rings. The van der Waals surface area contributed by atoms with Crippen LogP contribution in [-0.2, 0) is 16.4 Å². The number of piperidine rings is 1. The Labute approximate surface area is 137 Å². The van der Waals surface area contributed by atoms with Crippen molar-refractivity contribution in [3.05, 3.63) is 34.9 Å². The summed E-state index contributed by atoms with van der Waals surface area (Å²) in [6.07, 6.45) is 3.62. The molecular formula is C16H23ClN2O2S. The van der Waals surface area contributed by atoms with E-state index >= 15 is 0 Å². The van der Waals surface area contributed by atoms with Crippen LogP contribution in [0.2, 0.25) is 5.02 Å². The average molecular weight is 343 g/mol. The predicted octanol–water partition coefficient (Wildman–Crippen LogP) is 2.08. The van der Waals surface area contributed by atoms with Crippen molar-refractivity contribution in [1.29, 1.82) is 0 Å². The Morgan fingerprint density at radius 1 is 1.09 bits per heavy atom. The second-order valence-corrected chi connectivity index (χ2v) is 8.94. The van der Waals surface area contributed by atoms with Crippen LogP contribution in [0, 0.1) is 0 Å². The number of halogens is 1. The van der Waals surface area contributed by atoms with Gasteiger partial charge in [0.15, 0.2) is 9.84 Å². The fraction of sp³-hybridized carbons (Fsp3) is 0.625. The van der Waals surface area contributed by atoms with E-state index in [1.54, 1.807) is 0 Å². The van der Waals surface area contributed by atoms with Gasteiger partial charge in [-0.3, -0.25) is 4.90 Å². The fourth-order valence-electron chi connectivity index (χ4n) is 3.49. The van der Waals surface area contributed by atoms with Crippen LogP contribution in [-0.4, -0.2) is 50.0 Å². The van der Waals surface area contributed by atoms with E-state index in [0.717, 1.165) is 23.7 Å². The fourth-order valence-corrected chi connectivity index (χ4v) is 5.60. The zero-order valence-electron chi connectivity index (χ0n) is 12.7. The zero-order chi connectivity index (χ0) is 15.6. The second kappa shape index (κ2) is 6.87. The summed E-state index contributed by atoms with van der Waals surface area (Å²) >= 11 is 5.89. The van der Waals surface area contributed by atoms with Crippen LogP contribution in [0.5, 0.6) is 0 Å². The highest BCUT2D eigenvalue weighted by molar-refractivity contribution is 7.91. The minimum Gasteiger partial charge on any atom is -0.307 e. The van der Waals surface area contributed by atoms with Crippen molar-refractivity contribution in [3.8, 4) is 0 Å². The van der Waals surface area contributed by atoms with Crippen molar-refractivity contribution in [2.45, 2.75) is 37.9 Å². The summed E-state index contributed by atoms with van der Waals surface area (Å²) in [4.78, 5) is 2.37. The van der Waals surface area contributed by atoms with Crippen molar-refractivity contribution >= 4 is 21.4 Å². The van der Waals surface area contributed by atoms with Crippen molar-refractivity contribution in [3.63, 3.8) is 0 Å². The van der Waals surface area contributed by atoms with Gasteiger partial charge in [0.1, 0.15) is 0 Å². The quantitative estimate of drug-likeness (QED) is 0.910. The third-order valence-corrected chi connectivity index (χ3v) is 6.63. The molecule has 0 amide bonds. The van der Waals surface area contributed by atoms with E-state index in [4.69, 9.17) is 11.6 Å². The van der Waals surface area contributed by atoms with Crippen LogP contribution in [0.15, 0.2) is 24.3 Å². The normalized spacial score (nSPS) is 28.8. The molecule has 0 bridgehead atoms. The Kier molecular flexibility index (Phi) is 5.07. The lowest BCUT2D eigenvalue weighted by Crippen LogP contribution is -2.50. The van der Waals surface area contributed by atoms with Crippen LogP contribution in [0.25, 0.3) is 0 Å². The van der Waals surface area contributed by atoms with Gasteiger partial charge in [-0.2, -0.15) is 0 Å². The van der Waals surface area contributed by atoms with E-state index < -0.39 is 9.84 Å². The van der Waals surface area contributed by atoms with Gasteiger partial charge in [0.2, 0.25) is 0 Å². The Bertz CT molecular complexity index is 597. The number of nitrogens with one attached hydrogen (secondary N) is 1. The van der Waals surface area contributed by atoms with Gasteiger partial charge in [-0.15, -0.1) is 0 Å². The number of likely N-dealkylation sites (tertiary alicyclic amines) is 1. The van der Waals surface area contributed by atoms with Crippen molar-refractivity contribution in [1.82, 2.24) is 10.2 Å². The number of nitrogens with zero attached hydrogens (tertiary/aromatic N) is 1. The van der Waals surface area contributed by atoms with Crippen LogP contribution in [0.3, 0.4) is 0 Å². The maximum absolute atomic E-state index is 12.1. The first-order valence-electron chi connectivity index (χ1n) is 7.96. The van der Waals surface area contributed by atoms with Gasteiger partial charge in [-0.1, -0.05) is 30.2 Å². The van der Waals surface area contributed by atoms with Gasteiger partial charge >= 0.3 is 0 Å². The Hall–Kier alpha value is -0.620. The lowest BCUT2D eigenvalue weighted by atomic mass is 10.0. The van der Waals surface area contributed by atoms with Gasteiger partial charge in [-0.05, 0) is 43.6 Å². The molecule has 4 nitrogen and oxygen atoms in total.